The Hall–Kier alpha value is -0.790. The van der Waals surface area contributed by atoms with Crippen LogP contribution < -0.4 is 5.32 Å². The second kappa shape index (κ2) is 8.86. The Labute approximate surface area is 192 Å². The summed E-state index contributed by atoms with van der Waals surface area (Å²) >= 11 is 0. The van der Waals surface area contributed by atoms with Gasteiger partial charge in [-0.2, -0.15) is 0 Å². The van der Waals surface area contributed by atoms with Crippen molar-refractivity contribution in [3.8, 4) is 0 Å². The minimum absolute atomic E-state index is 0.135. The maximum absolute atomic E-state index is 11.6. The highest BCUT2D eigenvalue weighted by atomic mass is 16.1. The molecule has 0 aliphatic heterocycles. The zero-order valence-electron chi connectivity index (χ0n) is 21.3. The fraction of sp³-hybridized carbons (Fsp3) is 0.897. The molecule has 1 amide bonds. The Morgan fingerprint density at radius 2 is 1.84 bits per heavy atom. The predicted octanol–water partition coefficient (Wildman–Crippen LogP) is 7.53. The molecule has 31 heavy (non-hydrogen) atoms. The lowest BCUT2D eigenvalue weighted by molar-refractivity contribution is -0.120. The summed E-state index contributed by atoms with van der Waals surface area (Å²) in [6.45, 7) is 14.3. The summed E-state index contributed by atoms with van der Waals surface area (Å²) in [7, 11) is 0. The van der Waals surface area contributed by atoms with E-state index in [1.165, 1.54) is 57.8 Å². The molecule has 2 heteroatoms. The molecule has 3 fully saturated rings. The number of nitrogens with one attached hydrogen (secondary N) is 1. The van der Waals surface area contributed by atoms with E-state index in [1.54, 1.807) is 12.5 Å². The van der Waals surface area contributed by atoms with E-state index in [2.05, 4.69) is 46.0 Å². The quantitative estimate of drug-likeness (QED) is 0.436. The molecular weight excluding hydrogens is 378 g/mol. The van der Waals surface area contributed by atoms with Crippen molar-refractivity contribution in [2.45, 2.75) is 118 Å². The summed E-state index contributed by atoms with van der Waals surface area (Å²) in [6, 6.07) is 0.366. The van der Waals surface area contributed by atoms with Crippen molar-refractivity contribution < 1.29 is 4.79 Å². The first kappa shape index (κ1) is 23.4. The maximum atomic E-state index is 11.6. The SMILES string of the molecule is CC(=O)N[C@H]1CC[C@@]2(C)C(=CC[C@H]3[C@@H]4CC[C@H]([C@H](C)CCCC(C)C)[C@@]4(C)CC[C@@H]32)C1. The topological polar surface area (TPSA) is 29.1 Å². The zero-order valence-corrected chi connectivity index (χ0v) is 21.3. The summed E-state index contributed by atoms with van der Waals surface area (Å²) in [5, 5.41) is 3.21. The number of carbonyl (C=O) groups excluding carboxylic acids is 1. The molecule has 0 radical (unpaired) electrons. The molecule has 0 bridgehead atoms. The van der Waals surface area contributed by atoms with Crippen LogP contribution in [-0.2, 0) is 4.79 Å². The molecule has 0 aromatic carbocycles. The number of rotatable bonds is 6. The highest BCUT2D eigenvalue weighted by Crippen LogP contribution is 2.67. The Kier molecular flexibility index (Phi) is 6.68. The molecule has 2 nitrogen and oxygen atoms in total. The molecule has 0 aromatic rings. The van der Waals surface area contributed by atoms with Gasteiger partial charge < -0.3 is 5.32 Å². The monoisotopic (exact) mass is 427 g/mol. The van der Waals surface area contributed by atoms with E-state index in [4.69, 9.17) is 0 Å². The van der Waals surface area contributed by atoms with Crippen LogP contribution >= 0.6 is 0 Å². The Morgan fingerprint density at radius 1 is 1.06 bits per heavy atom. The van der Waals surface area contributed by atoms with Crippen LogP contribution in [-0.4, -0.2) is 11.9 Å². The van der Waals surface area contributed by atoms with Crippen LogP contribution in [0.5, 0.6) is 0 Å². The molecule has 1 N–H and O–H groups in total. The van der Waals surface area contributed by atoms with E-state index in [1.807, 2.05) is 0 Å². The van der Waals surface area contributed by atoms with Gasteiger partial charge in [0.2, 0.25) is 5.91 Å². The van der Waals surface area contributed by atoms with Crippen molar-refractivity contribution in [1.82, 2.24) is 5.32 Å². The van der Waals surface area contributed by atoms with E-state index in [9.17, 15) is 4.79 Å². The van der Waals surface area contributed by atoms with Crippen molar-refractivity contribution in [3.05, 3.63) is 11.6 Å². The third kappa shape index (κ3) is 4.26. The van der Waals surface area contributed by atoms with E-state index in [0.717, 1.165) is 48.3 Å². The van der Waals surface area contributed by atoms with Crippen LogP contribution in [0.4, 0.5) is 0 Å². The van der Waals surface area contributed by atoms with Crippen molar-refractivity contribution in [2.24, 2.45) is 46.3 Å². The number of allylic oxidation sites excluding steroid dienone is 1. The van der Waals surface area contributed by atoms with Gasteiger partial charge in [0.15, 0.2) is 0 Å². The molecule has 8 atom stereocenters. The number of hydrogen-bond donors (Lipinski definition) is 1. The van der Waals surface area contributed by atoms with Gasteiger partial charge in [0.1, 0.15) is 0 Å². The minimum Gasteiger partial charge on any atom is -0.353 e. The molecule has 176 valence electrons. The van der Waals surface area contributed by atoms with Gasteiger partial charge in [0, 0.05) is 13.0 Å². The normalized spacial score (nSPS) is 42.9. The highest BCUT2D eigenvalue weighted by molar-refractivity contribution is 5.73. The molecule has 0 aromatic heterocycles. The predicted molar refractivity (Wildman–Crippen MR) is 131 cm³/mol. The van der Waals surface area contributed by atoms with Crippen molar-refractivity contribution in [1.29, 1.82) is 0 Å². The number of amides is 1. The fourth-order valence-corrected chi connectivity index (χ4v) is 9.10. The molecule has 4 aliphatic carbocycles. The first-order valence-electron chi connectivity index (χ1n) is 13.6. The molecule has 4 rings (SSSR count). The summed E-state index contributed by atoms with van der Waals surface area (Å²) in [4.78, 5) is 11.6. The van der Waals surface area contributed by atoms with E-state index in [-0.39, 0.29) is 5.91 Å². The van der Waals surface area contributed by atoms with Gasteiger partial charge in [0.25, 0.3) is 0 Å². The Balaban J connectivity index is 1.47. The van der Waals surface area contributed by atoms with Crippen molar-refractivity contribution in [2.75, 3.05) is 0 Å². The molecule has 0 saturated heterocycles. The lowest BCUT2D eigenvalue weighted by atomic mass is 9.47. The first-order valence-corrected chi connectivity index (χ1v) is 13.6. The van der Waals surface area contributed by atoms with Gasteiger partial charge in [-0.05, 0) is 97.7 Å². The second-order valence-electron chi connectivity index (χ2n) is 12.9. The summed E-state index contributed by atoms with van der Waals surface area (Å²) in [5.74, 6) is 5.53. The van der Waals surface area contributed by atoms with Crippen LogP contribution in [0.15, 0.2) is 11.6 Å². The second-order valence-corrected chi connectivity index (χ2v) is 12.9. The average molecular weight is 428 g/mol. The molecule has 0 heterocycles. The lowest BCUT2D eigenvalue weighted by Crippen LogP contribution is -2.52. The van der Waals surface area contributed by atoms with Crippen LogP contribution in [0.25, 0.3) is 0 Å². The summed E-state index contributed by atoms with van der Waals surface area (Å²) in [5.41, 5.74) is 2.65. The standard InChI is InChI=1S/C29H49NO/c1-19(2)8-7-9-20(3)25-12-13-26-24-11-10-22-18-23(30-21(4)31)14-16-28(22,5)27(24)15-17-29(25,26)6/h10,19-20,23-27H,7-9,11-18H2,1-6H3,(H,30,31)/t20-,23+,24+,25-,26+,27+,28+,29-/m1/s1. The Morgan fingerprint density at radius 3 is 2.55 bits per heavy atom. The minimum atomic E-state index is 0.135. The van der Waals surface area contributed by atoms with Gasteiger partial charge in [-0.15, -0.1) is 0 Å². The molecule has 0 spiro atoms. The maximum Gasteiger partial charge on any atom is 0.217 e. The first-order chi connectivity index (χ1) is 14.6. The lowest BCUT2D eigenvalue weighted by Gasteiger charge is -2.58. The van der Waals surface area contributed by atoms with Crippen molar-refractivity contribution >= 4 is 5.91 Å². The largest absolute Gasteiger partial charge is 0.353 e. The zero-order chi connectivity index (χ0) is 22.4. The van der Waals surface area contributed by atoms with Gasteiger partial charge in [0.05, 0.1) is 0 Å². The third-order valence-electron chi connectivity index (χ3n) is 10.7. The van der Waals surface area contributed by atoms with Gasteiger partial charge in [-0.1, -0.05) is 65.5 Å². The molecule has 4 aliphatic rings. The van der Waals surface area contributed by atoms with E-state index >= 15 is 0 Å². The molecule has 3 saturated carbocycles. The number of hydrogen-bond acceptors (Lipinski definition) is 1. The fourth-order valence-electron chi connectivity index (χ4n) is 9.10. The number of fused-ring (bicyclic) bond motifs is 5. The van der Waals surface area contributed by atoms with Crippen LogP contribution in [0.1, 0.15) is 112 Å². The smallest absolute Gasteiger partial charge is 0.217 e. The molecule has 0 unspecified atom stereocenters. The van der Waals surface area contributed by atoms with Crippen LogP contribution in [0.3, 0.4) is 0 Å². The van der Waals surface area contributed by atoms with Gasteiger partial charge in [-0.25, -0.2) is 0 Å². The van der Waals surface area contributed by atoms with Gasteiger partial charge >= 0.3 is 0 Å². The Bertz CT molecular complexity index is 695. The van der Waals surface area contributed by atoms with E-state index < -0.39 is 0 Å². The van der Waals surface area contributed by atoms with E-state index in [0.29, 0.717) is 16.9 Å². The molecular formula is C29H49NO. The summed E-state index contributed by atoms with van der Waals surface area (Å²) < 4.78 is 0. The van der Waals surface area contributed by atoms with Crippen LogP contribution in [0.2, 0.25) is 0 Å². The van der Waals surface area contributed by atoms with Crippen molar-refractivity contribution in [3.63, 3.8) is 0 Å². The third-order valence-corrected chi connectivity index (χ3v) is 10.7. The summed E-state index contributed by atoms with van der Waals surface area (Å²) in [6.07, 6.45) is 17.6. The average Bonchev–Trinajstić information content (AvgIpc) is 3.05. The van der Waals surface area contributed by atoms with Gasteiger partial charge in [-0.3, -0.25) is 4.79 Å². The van der Waals surface area contributed by atoms with Crippen LogP contribution in [0, 0.1) is 46.3 Å². The highest BCUT2D eigenvalue weighted by Gasteiger charge is 2.59. The number of carbonyl (C=O) groups is 1.